The zero-order valence-corrected chi connectivity index (χ0v) is 32.7. The van der Waals surface area contributed by atoms with Crippen molar-refractivity contribution in [2.75, 3.05) is 23.7 Å². The van der Waals surface area contributed by atoms with Crippen molar-refractivity contribution in [2.45, 2.75) is 41.2 Å². The zero-order valence-electron chi connectivity index (χ0n) is 23.5. The van der Waals surface area contributed by atoms with Gasteiger partial charge in [0.1, 0.15) is 30.0 Å². The van der Waals surface area contributed by atoms with Gasteiger partial charge < -0.3 is 28.1 Å². The van der Waals surface area contributed by atoms with Crippen molar-refractivity contribution in [3.63, 3.8) is 0 Å². The van der Waals surface area contributed by atoms with E-state index < -0.39 is 67.2 Å². The van der Waals surface area contributed by atoms with E-state index in [0.717, 1.165) is 0 Å². The minimum Gasteiger partial charge on any atom is -0.748 e. The summed E-state index contributed by atoms with van der Waals surface area (Å²) in [6, 6.07) is 6.06. The summed E-state index contributed by atoms with van der Waals surface area (Å²) in [7, 11) is -14.9. The van der Waals surface area contributed by atoms with Crippen molar-refractivity contribution in [1.29, 1.82) is 0 Å². The Morgan fingerprint density at radius 2 is 1.49 bits per heavy atom. The van der Waals surface area contributed by atoms with Crippen LogP contribution in [0.1, 0.15) is 32.1 Å². The molecule has 3 aromatic rings. The molecule has 0 unspecified atom stereocenters. The predicted octanol–water partition coefficient (Wildman–Crippen LogP) is -7.27. The van der Waals surface area contributed by atoms with Gasteiger partial charge in [0.2, 0.25) is 0 Å². The second-order valence-corrected chi connectivity index (χ2v) is 14.2. The molecule has 0 fully saturated rings. The van der Waals surface area contributed by atoms with Crippen LogP contribution in [-0.4, -0.2) is 68.8 Å². The average molecular weight is 706 g/mol. The molecule has 0 amide bonds. The summed E-state index contributed by atoms with van der Waals surface area (Å²) in [6.07, 6.45) is 1.50. The number of nitrogens with zero attached hydrogens (tertiary/aromatic N) is 1. The van der Waals surface area contributed by atoms with Crippen LogP contribution in [0, 0.1) is 0 Å². The van der Waals surface area contributed by atoms with Crippen LogP contribution in [-0.2, 0) is 35.1 Å². The second kappa shape index (κ2) is 17.9. The van der Waals surface area contributed by atoms with Gasteiger partial charge in [-0.25, -0.2) is 30.0 Å². The zero-order chi connectivity index (χ0) is 29.9. The molecular weight excluding hydrogens is 683 g/mol. The monoisotopic (exact) mass is 705 g/mol. The molecule has 21 heteroatoms. The van der Waals surface area contributed by atoms with Gasteiger partial charge in [-0.3, -0.25) is 4.79 Å². The Labute approximate surface area is 318 Å². The van der Waals surface area contributed by atoms with Gasteiger partial charge in [0.05, 0.1) is 25.5 Å². The van der Waals surface area contributed by atoms with E-state index in [0.29, 0.717) is 37.6 Å². The number of hydrogen-bond donors (Lipinski definition) is 1. The summed E-state index contributed by atoms with van der Waals surface area (Å²) in [5, 5.41) is 9.03. The Bertz CT molecular complexity index is 1810. The molecule has 2 aromatic heterocycles. The minimum atomic E-state index is -5.27. The number of aliphatic carboxylic acids is 1. The van der Waals surface area contributed by atoms with Crippen LogP contribution in [0.15, 0.2) is 48.6 Å². The summed E-state index contributed by atoms with van der Waals surface area (Å²) in [5.41, 5.74) is -1.09. The summed E-state index contributed by atoms with van der Waals surface area (Å²) >= 11 is 0.144. The maximum atomic E-state index is 12.8. The first-order valence-electron chi connectivity index (χ1n) is 11.5. The van der Waals surface area contributed by atoms with Crippen LogP contribution in [0.25, 0.3) is 21.4 Å². The molecule has 220 valence electrons. The molecular formula is C22H22NNa3O13S4. The number of benzene rings is 1. The number of carboxylic acids is 1. The average Bonchev–Trinajstić information content (AvgIpc) is 3.28. The molecule has 43 heavy (non-hydrogen) atoms. The molecule has 0 aliphatic carbocycles. The van der Waals surface area contributed by atoms with Crippen LogP contribution in [0.2, 0.25) is 0 Å². The van der Waals surface area contributed by atoms with E-state index in [2.05, 4.69) is 0 Å². The number of anilines is 1. The SMILES string of the molecule is O=C(O)CCCCCN(CCCS(=O)(=O)[O-])c1ccc2cc(-c3sc(S(=O)(=O)[O-])cc3S(=O)(=O)[O-])c(=O)oc2c1.[Na+].[Na+].[Na+]. The quantitative estimate of drug-likeness (QED) is 0.0709. The third-order valence-corrected chi connectivity index (χ3v) is 9.88. The Hall–Kier alpha value is 0.130. The van der Waals surface area contributed by atoms with E-state index in [1.165, 1.54) is 18.2 Å². The van der Waals surface area contributed by atoms with Crippen LogP contribution < -0.4 is 99.2 Å². The molecule has 0 saturated heterocycles. The summed E-state index contributed by atoms with van der Waals surface area (Å²) in [6.45, 7) is 0.499. The Balaban J connectivity index is 0.00000588. The number of rotatable bonds is 14. The number of hydrogen-bond acceptors (Lipinski definition) is 14. The van der Waals surface area contributed by atoms with Crippen LogP contribution >= 0.6 is 11.3 Å². The van der Waals surface area contributed by atoms with E-state index in [4.69, 9.17) is 9.52 Å². The van der Waals surface area contributed by atoms with Gasteiger partial charge in [-0.1, -0.05) is 6.42 Å². The molecule has 14 nitrogen and oxygen atoms in total. The molecule has 0 aliphatic heterocycles. The molecule has 0 bridgehead atoms. The van der Waals surface area contributed by atoms with E-state index >= 15 is 0 Å². The van der Waals surface area contributed by atoms with Gasteiger partial charge >= 0.3 is 100 Å². The van der Waals surface area contributed by atoms with Crippen molar-refractivity contribution >= 4 is 64.3 Å². The third kappa shape index (κ3) is 13.0. The number of carbonyl (C=O) groups is 1. The first-order valence-corrected chi connectivity index (χ1v) is 16.7. The van der Waals surface area contributed by atoms with Gasteiger partial charge in [0.25, 0.3) is 0 Å². The molecule has 3 rings (SSSR count). The van der Waals surface area contributed by atoms with Crippen LogP contribution in [0.4, 0.5) is 5.69 Å². The van der Waals surface area contributed by atoms with Crippen LogP contribution in [0.5, 0.6) is 0 Å². The first-order chi connectivity index (χ1) is 18.5. The summed E-state index contributed by atoms with van der Waals surface area (Å²) in [5.74, 6) is -1.55. The van der Waals surface area contributed by atoms with Crippen molar-refractivity contribution in [2.24, 2.45) is 0 Å². The van der Waals surface area contributed by atoms with Crippen molar-refractivity contribution in [1.82, 2.24) is 0 Å². The maximum absolute atomic E-state index is 12.8. The number of unbranched alkanes of at least 4 members (excludes halogenated alkanes) is 2. The van der Waals surface area contributed by atoms with E-state index in [9.17, 15) is 48.5 Å². The molecule has 0 radical (unpaired) electrons. The van der Waals surface area contributed by atoms with Crippen molar-refractivity contribution in [3.8, 4) is 10.4 Å². The van der Waals surface area contributed by atoms with E-state index in [-0.39, 0.29) is 130 Å². The van der Waals surface area contributed by atoms with Gasteiger partial charge in [0, 0.05) is 42.4 Å². The van der Waals surface area contributed by atoms with Gasteiger partial charge in [-0.05, 0) is 43.5 Å². The predicted molar refractivity (Wildman–Crippen MR) is 139 cm³/mol. The van der Waals surface area contributed by atoms with E-state index in [1.54, 1.807) is 11.0 Å². The van der Waals surface area contributed by atoms with Gasteiger partial charge in [-0.15, -0.1) is 11.3 Å². The molecule has 1 aromatic carbocycles. The standard InChI is InChI=1S/C22H25NO13S4.3Na/c24-19(25)5-2-1-3-8-23(9-4-10-38(27,28)29)15-7-6-14-11-16(22(26)36-17(14)12-15)21-18(39(30,31)32)13-20(37-21)40(33,34)35;;;/h6-7,11-13H,1-5,8-10H2,(H,24,25)(H,27,28,29)(H,30,31,32)(H,33,34,35);;;/q;3*+1/p-3. The normalized spacial score (nSPS) is 11.7. The largest absolute Gasteiger partial charge is 1.00 e. The van der Waals surface area contributed by atoms with Crippen LogP contribution in [0.3, 0.4) is 0 Å². The maximum Gasteiger partial charge on any atom is 1.00 e. The smallest absolute Gasteiger partial charge is 0.748 e. The topological polar surface area (TPSA) is 242 Å². The molecule has 1 N–H and O–H groups in total. The molecule has 0 saturated carbocycles. The molecule has 2 heterocycles. The fourth-order valence-electron chi connectivity index (χ4n) is 3.86. The molecule has 0 atom stereocenters. The third-order valence-electron chi connectivity index (χ3n) is 5.66. The molecule has 0 spiro atoms. The van der Waals surface area contributed by atoms with Gasteiger partial charge in [-0.2, -0.15) is 0 Å². The Kier molecular flexibility index (Phi) is 17.9. The fraction of sp³-hybridized carbons (Fsp3) is 0.364. The van der Waals surface area contributed by atoms with Crippen molar-refractivity contribution in [3.05, 3.63) is 40.8 Å². The number of carboxylic acid groups (broad SMARTS) is 1. The minimum absolute atomic E-state index is 0. The number of fused-ring (bicyclic) bond motifs is 1. The molecule has 0 aliphatic rings. The Morgan fingerprint density at radius 3 is 2.05 bits per heavy atom. The first kappa shape index (κ1) is 43.1. The number of thiophene rings is 1. The fourth-order valence-corrected chi connectivity index (χ4v) is 7.23. The summed E-state index contributed by atoms with van der Waals surface area (Å²) < 4.78 is 107. The van der Waals surface area contributed by atoms with E-state index in [1.807, 2.05) is 0 Å². The van der Waals surface area contributed by atoms with Crippen molar-refractivity contribution < 1.29 is 142 Å². The Morgan fingerprint density at radius 1 is 0.860 bits per heavy atom. The summed E-state index contributed by atoms with van der Waals surface area (Å²) in [4.78, 5) is 23.6. The second-order valence-electron chi connectivity index (χ2n) is 8.64. The van der Waals surface area contributed by atoms with Gasteiger partial charge in [0.15, 0.2) is 0 Å².